The molecule has 0 aliphatic carbocycles. The van der Waals surface area contributed by atoms with Gasteiger partial charge in [0.2, 0.25) is 11.9 Å². The molecular weight excluding hydrogens is 575 g/mol. The third-order valence-corrected chi connectivity index (χ3v) is 8.56. The van der Waals surface area contributed by atoms with Crippen molar-refractivity contribution in [3.05, 3.63) is 77.6 Å². The van der Waals surface area contributed by atoms with Gasteiger partial charge in [0.1, 0.15) is 11.6 Å². The summed E-state index contributed by atoms with van der Waals surface area (Å²) in [7, 11) is 1.77. The van der Waals surface area contributed by atoms with Crippen LogP contribution in [0.4, 0.5) is 27.8 Å². The normalized spacial score (nSPS) is 17.0. The maximum absolute atomic E-state index is 15.9. The molecule has 0 bridgehead atoms. The van der Waals surface area contributed by atoms with Crippen molar-refractivity contribution < 1.29 is 13.9 Å². The number of carbonyl (C=O) groups excluding carboxylic acids is 1. The zero-order valence-electron chi connectivity index (χ0n) is 25.2. The molecular formula is C32H35FN10O2. The van der Waals surface area contributed by atoms with Gasteiger partial charge in [-0.25, -0.2) is 19.3 Å². The van der Waals surface area contributed by atoms with E-state index in [4.69, 9.17) is 14.7 Å². The number of piperazine rings is 1. The van der Waals surface area contributed by atoms with E-state index in [1.165, 1.54) is 11.6 Å². The number of aromatic nitrogens is 5. The SMILES string of the molecule is CNc1ncc(-c2nc(N3CCOCC3)nc3c2CCN3c2ccc(C(=O)N3CCN(Cc4ccncc4)CC3)cc2F)cn1. The minimum Gasteiger partial charge on any atom is -0.378 e. The van der Waals surface area contributed by atoms with E-state index < -0.39 is 5.82 Å². The average molecular weight is 611 g/mol. The number of ether oxygens (including phenoxy) is 1. The van der Waals surface area contributed by atoms with Crippen LogP contribution >= 0.6 is 0 Å². The number of halogens is 1. The molecule has 1 N–H and O–H groups in total. The first kappa shape index (κ1) is 29.0. The van der Waals surface area contributed by atoms with E-state index in [-0.39, 0.29) is 5.91 Å². The van der Waals surface area contributed by atoms with Crippen LogP contribution in [-0.4, -0.2) is 107 Å². The van der Waals surface area contributed by atoms with E-state index in [9.17, 15) is 4.79 Å². The fraction of sp³-hybridized carbons (Fsp3) is 0.375. The van der Waals surface area contributed by atoms with Crippen LogP contribution in [0.5, 0.6) is 0 Å². The number of pyridine rings is 1. The molecule has 4 aromatic rings. The molecule has 0 radical (unpaired) electrons. The Kier molecular flexibility index (Phi) is 8.18. The molecule has 13 heteroatoms. The predicted molar refractivity (Wildman–Crippen MR) is 168 cm³/mol. The van der Waals surface area contributed by atoms with Gasteiger partial charge in [-0.2, -0.15) is 4.98 Å². The molecule has 2 fully saturated rings. The summed E-state index contributed by atoms with van der Waals surface area (Å²) in [5, 5.41) is 2.94. The number of nitrogens with zero attached hydrogens (tertiary/aromatic N) is 9. The van der Waals surface area contributed by atoms with Crippen LogP contribution in [0.1, 0.15) is 21.5 Å². The van der Waals surface area contributed by atoms with Crippen LogP contribution in [0.15, 0.2) is 55.1 Å². The smallest absolute Gasteiger partial charge is 0.254 e. The van der Waals surface area contributed by atoms with Crippen molar-refractivity contribution >= 4 is 29.3 Å². The van der Waals surface area contributed by atoms with Gasteiger partial charge in [-0.15, -0.1) is 0 Å². The van der Waals surface area contributed by atoms with Gasteiger partial charge in [-0.1, -0.05) is 0 Å². The molecule has 1 amide bonds. The average Bonchev–Trinajstić information content (AvgIpc) is 3.52. The van der Waals surface area contributed by atoms with E-state index >= 15 is 4.39 Å². The van der Waals surface area contributed by atoms with Gasteiger partial charge < -0.3 is 24.8 Å². The number of fused-ring (bicyclic) bond motifs is 1. The number of morpholine rings is 1. The standard InChI is InChI=1S/C32H35FN10O2/c1-34-31-36-19-24(20-37-31)28-25-6-9-43(29(25)39-32(38-28)42-14-16-45-17-15-42)27-3-2-23(18-26(27)33)30(44)41-12-10-40(11-13-41)21-22-4-7-35-8-5-22/h2-5,7-8,18-20H,6,9-17,21H2,1H3,(H,34,36,37). The quantitative estimate of drug-likeness (QED) is 0.333. The van der Waals surface area contributed by atoms with Gasteiger partial charge in [0, 0.05) is 101 Å². The topological polar surface area (TPSA) is 116 Å². The van der Waals surface area contributed by atoms with E-state index in [0.29, 0.717) is 81.3 Å². The van der Waals surface area contributed by atoms with Crippen LogP contribution in [-0.2, 0) is 17.7 Å². The van der Waals surface area contributed by atoms with Gasteiger partial charge in [0.05, 0.1) is 24.6 Å². The highest BCUT2D eigenvalue weighted by atomic mass is 19.1. The van der Waals surface area contributed by atoms with Crippen molar-refractivity contribution in [3.8, 4) is 11.3 Å². The number of nitrogens with one attached hydrogen (secondary N) is 1. The second-order valence-corrected chi connectivity index (χ2v) is 11.3. The molecule has 12 nitrogen and oxygen atoms in total. The molecule has 0 spiro atoms. The lowest BCUT2D eigenvalue weighted by Gasteiger charge is -2.34. The van der Waals surface area contributed by atoms with Crippen molar-refractivity contribution in [2.75, 3.05) is 81.2 Å². The van der Waals surface area contributed by atoms with Crippen LogP contribution in [0.2, 0.25) is 0 Å². The first-order chi connectivity index (χ1) is 22.1. The monoisotopic (exact) mass is 610 g/mol. The number of hydrogen-bond acceptors (Lipinski definition) is 11. The number of benzene rings is 1. The molecule has 2 saturated heterocycles. The maximum Gasteiger partial charge on any atom is 0.254 e. The second-order valence-electron chi connectivity index (χ2n) is 11.3. The lowest BCUT2D eigenvalue weighted by molar-refractivity contribution is 0.0628. The Morgan fingerprint density at radius 2 is 1.71 bits per heavy atom. The Labute approximate surface area is 260 Å². The number of amides is 1. The highest BCUT2D eigenvalue weighted by Crippen LogP contribution is 2.40. The number of anilines is 4. The first-order valence-electron chi connectivity index (χ1n) is 15.3. The molecule has 3 aliphatic heterocycles. The van der Waals surface area contributed by atoms with Gasteiger partial charge >= 0.3 is 0 Å². The van der Waals surface area contributed by atoms with E-state index in [1.807, 2.05) is 17.0 Å². The van der Waals surface area contributed by atoms with Crippen LogP contribution in [0.3, 0.4) is 0 Å². The number of hydrogen-bond donors (Lipinski definition) is 1. The van der Waals surface area contributed by atoms with Crippen molar-refractivity contribution in [2.45, 2.75) is 13.0 Å². The molecule has 3 aromatic heterocycles. The lowest BCUT2D eigenvalue weighted by atomic mass is 10.1. The molecule has 3 aliphatic rings. The first-order valence-corrected chi connectivity index (χ1v) is 15.3. The highest BCUT2D eigenvalue weighted by molar-refractivity contribution is 5.95. The van der Waals surface area contributed by atoms with Gasteiger partial charge in [0.15, 0.2) is 0 Å². The van der Waals surface area contributed by atoms with E-state index in [1.54, 1.807) is 48.9 Å². The number of rotatable bonds is 7. The summed E-state index contributed by atoms with van der Waals surface area (Å²) >= 11 is 0. The van der Waals surface area contributed by atoms with Gasteiger partial charge in [-0.05, 0) is 42.3 Å². The Morgan fingerprint density at radius 1 is 0.956 bits per heavy atom. The zero-order valence-corrected chi connectivity index (χ0v) is 25.2. The van der Waals surface area contributed by atoms with Gasteiger partial charge in [-0.3, -0.25) is 14.7 Å². The Balaban J connectivity index is 1.12. The Hall–Kier alpha value is -4.75. The van der Waals surface area contributed by atoms with Crippen molar-refractivity contribution in [3.63, 3.8) is 0 Å². The summed E-state index contributed by atoms with van der Waals surface area (Å²) in [5.74, 6) is 1.12. The fourth-order valence-corrected chi connectivity index (χ4v) is 6.10. The fourth-order valence-electron chi connectivity index (χ4n) is 6.10. The minimum atomic E-state index is -0.459. The van der Waals surface area contributed by atoms with Crippen LogP contribution in [0, 0.1) is 5.82 Å². The summed E-state index contributed by atoms with van der Waals surface area (Å²) in [4.78, 5) is 44.2. The summed E-state index contributed by atoms with van der Waals surface area (Å²) in [5.41, 5.74) is 4.34. The third kappa shape index (κ3) is 6.00. The largest absolute Gasteiger partial charge is 0.378 e. The summed E-state index contributed by atoms with van der Waals surface area (Å²) in [6, 6.07) is 8.78. The Bertz CT molecular complexity index is 1660. The Morgan fingerprint density at radius 3 is 2.42 bits per heavy atom. The summed E-state index contributed by atoms with van der Waals surface area (Å²) in [6.07, 6.45) is 7.70. The lowest BCUT2D eigenvalue weighted by Crippen LogP contribution is -2.48. The summed E-state index contributed by atoms with van der Waals surface area (Å²) in [6.45, 7) is 6.55. The molecule has 0 atom stereocenters. The number of carbonyl (C=O) groups is 1. The zero-order chi connectivity index (χ0) is 30.8. The van der Waals surface area contributed by atoms with Gasteiger partial charge in [0.25, 0.3) is 5.91 Å². The third-order valence-electron chi connectivity index (χ3n) is 8.56. The highest BCUT2D eigenvalue weighted by Gasteiger charge is 2.31. The minimum absolute atomic E-state index is 0.157. The van der Waals surface area contributed by atoms with Crippen molar-refractivity contribution in [2.24, 2.45) is 0 Å². The maximum atomic E-state index is 15.9. The molecule has 7 rings (SSSR count). The van der Waals surface area contributed by atoms with Crippen molar-refractivity contribution in [1.29, 1.82) is 0 Å². The summed E-state index contributed by atoms with van der Waals surface area (Å²) < 4.78 is 21.4. The van der Waals surface area contributed by atoms with Crippen LogP contribution < -0.4 is 15.1 Å². The molecule has 45 heavy (non-hydrogen) atoms. The molecule has 0 saturated carbocycles. The van der Waals surface area contributed by atoms with E-state index in [2.05, 4.69) is 30.1 Å². The van der Waals surface area contributed by atoms with E-state index in [0.717, 1.165) is 36.5 Å². The molecule has 232 valence electrons. The molecule has 1 aromatic carbocycles. The molecule has 6 heterocycles. The molecule has 0 unspecified atom stereocenters. The van der Waals surface area contributed by atoms with Crippen LogP contribution in [0.25, 0.3) is 11.3 Å². The second kappa shape index (κ2) is 12.7. The van der Waals surface area contributed by atoms with Crippen molar-refractivity contribution in [1.82, 2.24) is 34.7 Å². The predicted octanol–water partition coefficient (Wildman–Crippen LogP) is 3.00.